The van der Waals surface area contributed by atoms with E-state index in [1.807, 2.05) is 38.1 Å². The molecule has 0 aliphatic carbocycles. The van der Waals surface area contributed by atoms with Crippen molar-refractivity contribution in [3.63, 3.8) is 0 Å². The first-order chi connectivity index (χ1) is 7.68. The molecule has 0 aliphatic heterocycles. The second-order valence-corrected chi connectivity index (χ2v) is 4.23. The number of nitrogens with zero attached hydrogens (tertiary/aromatic N) is 4. The molecule has 0 aliphatic rings. The minimum atomic E-state index is 0.779. The van der Waals surface area contributed by atoms with Crippen molar-refractivity contribution >= 4 is 22.1 Å². The Kier molecular flexibility index (Phi) is 3.14. The van der Waals surface area contributed by atoms with Gasteiger partial charge in [0.25, 0.3) is 0 Å². The van der Waals surface area contributed by atoms with Crippen molar-refractivity contribution in [3.05, 3.63) is 46.0 Å². The number of aryl methyl sites for hydroxylation is 2. The number of benzene rings is 1. The Hall–Kier alpha value is -1.49. The molecule has 0 atom stereocenters. The molecule has 0 unspecified atom stereocenters. The molecule has 0 N–H and O–H groups in total. The Morgan fingerprint density at radius 3 is 2.44 bits per heavy atom. The highest BCUT2D eigenvalue weighted by atomic mass is 79.9. The Labute approximate surface area is 102 Å². The summed E-state index contributed by atoms with van der Waals surface area (Å²) in [4.78, 5) is 0. The first-order valence-corrected chi connectivity index (χ1v) is 5.65. The Morgan fingerprint density at radius 2 is 1.81 bits per heavy atom. The molecule has 2 aromatic rings. The average Bonchev–Trinajstić information content (AvgIpc) is 2.58. The van der Waals surface area contributed by atoms with Crippen molar-refractivity contribution < 1.29 is 0 Å². The molecule has 2 rings (SSSR count). The monoisotopic (exact) mass is 278 g/mol. The number of hydrogen-bond donors (Lipinski definition) is 0. The first-order valence-electron chi connectivity index (χ1n) is 4.86. The number of halogens is 1. The molecule has 1 heterocycles. The van der Waals surface area contributed by atoms with E-state index in [-0.39, 0.29) is 0 Å². The Morgan fingerprint density at radius 1 is 1.19 bits per heavy atom. The molecule has 1 aromatic heterocycles. The fraction of sp³-hybridized carbons (Fsp3) is 0.182. The topological polar surface area (TPSA) is 43.1 Å². The highest BCUT2D eigenvalue weighted by Crippen LogP contribution is 2.13. The zero-order valence-electron chi connectivity index (χ0n) is 9.05. The third-order valence-electron chi connectivity index (χ3n) is 2.17. The third kappa shape index (κ3) is 2.19. The lowest BCUT2D eigenvalue weighted by Gasteiger charge is -1.99. The van der Waals surface area contributed by atoms with Gasteiger partial charge in [0, 0.05) is 10.0 Å². The summed E-state index contributed by atoms with van der Waals surface area (Å²) >= 11 is 3.47. The van der Waals surface area contributed by atoms with E-state index in [1.54, 1.807) is 10.9 Å². The van der Waals surface area contributed by atoms with Crippen LogP contribution in [0.25, 0.3) is 0 Å². The van der Waals surface area contributed by atoms with Crippen molar-refractivity contribution in [1.82, 2.24) is 14.9 Å². The summed E-state index contributed by atoms with van der Waals surface area (Å²) in [6.45, 7) is 3.74. The van der Waals surface area contributed by atoms with Crippen LogP contribution in [0, 0.1) is 13.8 Å². The summed E-state index contributed by atoms with van der Waals surface area (Å²) in [6, 6.07) is 7.91. The molecule has 0 fully saturated rings. The van der Waals surface area contributed by atoms with Crippen LogP contribution in [0.1, 0.15) is 17.2 Å². The van der Waals surface area contributed by atoms with Gasteiger partial charge in [0.05, 0.1) is 6.21 Å². The molecule has 82 valence electrons. The van der Waals surface area contributed by atoms with Crippen LogP contribution in [0.4, 0.5) is 0 Å². The zero-order chi connectivity index (χ0) is 11.5. The molecule has 4 nitrogen and oxygen atoms in total. The van der Waals surface area contributed by atoms with E-state index in [9.17, 15) is 0 Å². The maximum Gasteiger partial charge on any atom is 0.151 e. The summed E-state index contributed by atoms with van der Waals surface area (Å²) in [7, 11) is 0. The molecular weight excluding hydrogens is 268 g/mol. The van der Waals surface area contributed by atoms with Gasteiger partial charge in [-0.1, -0.05) is 34.1 Å². The molecule has 0 amide bonds. The van der Waals surface area contributed by atoms with E-state index in [2.05, 4.69) is 31.2 Å². The van der Waals surface area contributed by atoms with Gasteiger partial charge in [-0.15, -0.1) is 10.2 Å². The fourth-order valence-corrected chi connectivity index (χ4v) is 1.72. The van der Waals surface area contributed by atoms with Crippen LogP contribution in [0.15, 0.2) is 33.8 Å². The van der Waals surface area contributed by atoms with Crippen molar-refractivity contribution in [2.45, 2.75) is 13.8 Å². The average molecular weight is 279 g/mol. The maximum absolute atomic E-state index is 4.33. The number of aromatic nitrogens is 3. The van der Waals surface area contributed by atoms with Crippen LogP contribution in [-0.4, -0.2) is 21.1 Å². The molecule has 5 heteroatoms. The van der Waals surface area contributed by atoms with Gasteiger partial charge >= 0.3 is 0 Å². The molecule has 1 aromatic carbocycles. The molecule has 0 radical (unpaired) electrons. The number of rotatable bonds is 2. The van der Waals surface area contributed by atoms with E-state index in [0.29, 0.717) is 0 Å². The smallest absolute Gasteiger partial charge is 0.151 e. The van der Waals surface area contributed by atoms with Crippen LogP contribution < -0.4 is 0 Å². The van der Waals surface area contributed by atoms with Crippen LogP contribution in [0.3, 0.4) is 0 Å². The van der Waals surface area contributed by atoms with Crippen molar-refractivity contribution in [3.8, 4) is 0 Å². The predicted molar refractivity (Wildman–Crippen MR) is 66.6 cm³/mol. The molecule has 0 spiro atoms. The van der Waals surface area contributed by atoms with Crippen molar-refractivity contribution in [1.29, 1.82) is 0 Å². The summed E-state index contributed by atoms with van der Waals surface area (Å²) in [5.41, 5.74) is 1.02. The highest BCUT2D eigenvalue weighted by molar-refractivity contribution is 9.10. The summed E-state index contributed by atoms with van der Waals surface area (Å²) in [5.74, 6) is 1.56. The van der Waals surface area contributed by atoms with E-state index < -0.39 is 0 Å². The second kappa shape index (κ2) is 4.57. The SMILES string of the molecule is Cc1nnc(C)n1/N=C\c1ccccc1Br. The third-order valence-corrected chi connectivity index (χ3v) is 2.89. The van der Waals surface area contributed by atoms with Gasteiger partial charge in [-0.3, -0.25) is 0 Å². The first kappa shape index (κ1) is 11.0. The van der Waals surface area contributed by atoms with Gasteiger partial charge in [0.2, 0.25) is 0 Å². The van der Waals surface area contributed by atoms with E-state index in [1.165, 1.54) is 0 Å². The summed E-state index contributed by atoms with van der Waals surface area (Å²) < 4.78 is 2.72. The van der Waals surface area contributed by atoms with Crippen LogP contribution in [-0.2, 0) is 0 Å². The van der Waals surface area contributed by atoms with Crippen molar-refractivity contribution in [2.75, 3.05) is 0 Å². The largest absolute Gasteiger partial charge is 0.202 e. The Bertz CT molecular complexity index is 511. The van der Waals surface area contributed by atoms with Gasteiger partial charge in [-0.25, -0.2) is 4.68 Å². The van der Waals surface area contributed by atoms with Gasteiger partial charge in [0.1, 0.15) is 0 Å². The van der Waals surface area contributed by atoms with Crippen molar-refractivity contribution in [2.24, 2.45) is 5.10 Å². The minimum absolute atomic E-state index is 0.779. The second-order valence-electron chi connectivity index (χ2n) is 3.37. The van der Waals surface area contributed by atoms with E-state index >= 15 is 0 Å². The molecule has 0 saturated carbocycles. The fourth-order valence-electron chi connectivity index (χ4n) is 1.33. The zero-order valence-corrected chi connectivity index (χ0v) is 10.6. The Balaban J connectivity index is 2.32. The van der Waals surface area contributed by atoms with Gasteiger partial charge in [-0.05, 0) is 19.9 Å². The lowest BCUT2D eigenvalue weighted by molar-refractivity contribution is 0.799. The maximum atomic E-state index is 4.33. The summed E-state index contributed by atoms with van der Waals surface area (Å²) in [6.07, 6.45) is 1.79. The lowest BCUT2D eigenvalue weighted by atomic mass is 10.2. The van der Waals surface area contributed by atoms with Gasteiger partial charge in [0.15, 0.2) is 11.6 Å². The molecule has 0 bridgehead atoms. The summed E-state index contributed by atoms with van der Waals surface area (Å²) in [5, 5.41) is 12.2. The molecule has 16 heavy (non-hydrogen) atoms. The minimum Gasteiger partial charge on any atom is -0.202 e. The lowest BCUT2D eigenvalue weighted by Crippen LogP contribution is -1.96. The van der Waals surface area contributed by atoms with Gasteiger partial charge in [-0.2, -0.15) is 5.10 Å². The van der Waals surface area contributed by atoms with E-state index in [4.69, 9.17) is 0 Å². The van der Waals surface area contributed by atoms with Gasteiger partial charge < -0.3 is 0 Å². The van der Waals surface area contributed by atoms with Crippen LogP contribution in [0.2, 0.25) is 0 Å². The quantitative estimate of drug-likeness (QED) is 0.793. The van der Waals surface area contributed by atoms with Crippen LogP contribution in [0.5, 0.6) is 0 Å². The predicted octanol–water partition coefficient (Wildman–Crippen LogP) is 2.54. The normalized spacial score (nSPS) is 11.2. The molecule has 0 saturated heterocycles. The standard InChI is InChI=1S/C11H11BrN4/c1-8-14-15-9(2)16(8)13-7-10-5-3-4-6-11(10)12/h3-7H,1-2H3/b13-7-. The highest BCUT2D eigenvalue weighted by Gasteiger charge is 2.01. The molecular formula is C11H11BrN4. The van der Waals surface area contributed by atoms with Crippen LogP contribution >= 0.6 is 15.9 Å². The number of hydrogen-bond acceptors (Lipinski definition) is 3. The van der Waals surface area contributed by atoms with E-state index in [0.717, 1.165) is 21.7 Å².